The van der Waals surface area contributed by atoms with Crippen LogP contribution in [0.4, 0.5) is 0 Å². The molecule has 0 unspecified atom stereocenters. The van der Waals surface area contributed by atoms with Crippen molar-refractivity contribution in [2.24, 2.45) is 11.8 Å². The Morgan fingerprint density at radius 1 is 1.08 bits per heavy atom. The minimum absolute atomic E-state index is 0.0277. The molecule has 4 heterocycles. The summed E-state index contributed by atoms with van der Waals surface area (Å²) in [6.45, 7) is 2.01. The van der Waals surface area contributed by atoms with Gasteiger partial charge in [-0.3, -0.25) is 14.4 Å². The van der Waals surface area contributed by atoms with Crippen LogP contribution in [0, 0.1) is 11.8 Å². The summed E-state index contributed by atoms with van der Waals surface area (Å²) < 4.78 is 0. The van der Waals surface area contributed by atoms with Gasteiger partial charge in [0.25, 0.3) is 11.5 Å². The van der Waals surface area contributed by atoms with E-state index in [9.17, 15) is 14.4 Å². The Morgan fingerprint density at radius 3 is 2.62 bits per heavy atom. The van der Waals surface area contributed by atoms with Crippen molar-refractivity contribution in [3.8, 4) is 0 Å². The highest BCUT2D eigenvalue weighted by Crippen LogP contribution is 2.33. The Hall–Kier alpha value is -2.11. The number of aromatic amines is 1. The molecule has 2 amide bonds. The van der Waals surface area contributed by atoms with Gasteiger partial charge < -0.3 is 14.8 Å². The molecule has 1 aromatic rings. The third kappa shape index (κ3) is 2.64. The van der Waals surface area contributed by atoms with E-state index in [0.29, 0.717) is 19.0 Å². The van der Waals surface area contributed by atoms with E-state index in [1.54, 1.807) is 12.1 Å². The van der Waals surface area contributed by atoms with E-state index in [0.717, 1.165) is 38.6 Å². The molecule has 128 valence electrons. The minimum atomic E-state index is -0.343. The predicted molar refractivity (Wildman–Crippen MR) is 88.5 cm³/mol. The van der Waals surface area contributed by atoms with Gasteiger partial charge in [-0.1, -0.05) is 6.42 Å². The summed E-state index contributed by atoms with van der Waals surface area (Å²) in [5, 5.41) is 0. The Balaban J connectivity index is 1.54. The van der Waals surface area contributed by atoms with Crippen LogP contribution in [-0.2, 0) is 4.79 Å². The predicted octanol–water partition coefficient (Wildman–Crippen LogP) is 1.24. The maximum absolute atomic E-state index is 12.8. The molecule has 2 bridgehead atoms. The fourth-order valence-corrected chi connectivity index (χ4v) is 4.17. The van der Waals surface area contributed by atoms with Gasteiger partial charge in [-0.25, -0.2) is 0 Å². The molecule has 3 saturated heterocycles. The molecule has 1 saturated carbocycles. The maximum atomic E-state index is 12.8. The average Bonchev–Trinajstić information content (AvgIpc) is 2.85. The van der Waals surface area contributed by atoms with Gasteiger partial charge >= 0.3 is 0 Å². The zero-order valence-electron chi connectivity index (χ0n) is 13.7. The number of hydrogen-bond donors (Lipinski definition) is 1. The van der Waals surface area contributed by atoms with Crippen molar-refractivity contribution >= 4 is 11.8 Å². The summed E-state index contributed by atoms with van der Waals surface area (Å²) in [6, 6.07) is 3.29. The summed E-state index contributed by atoms with van der Waals surface area (Å²) in [4.78, 5) is 43.8. The van der Waals surface area contributed by atoms with Crippen LogP contribution in [0.2, 0.25) is 0 Å². The highest BCUT2D eigenvalue weighted by Gasteiger charge is 2.41. The quantitative estimate of drug-likeness (QED) is 0.887. The molecular formula is C18H23N3O3. The summed E-state index contributed by atoms with van der Waals surface area (Å²) in [5.41, 5.74) is -0.146. The standard InChI is InChI=1S/C18H23N3O3/c22-16-15(5-2-8-19-16)18(24)21-10-12-6-7-14(21)11-20(9-12)17(23)13-3-1-4-13/h2,5,8,12-14H,1,3-4,6-7,9-11H2,(H,19,22)/t12-,14+/m0/s1. The SMILES string of the molecule is O=C(C1CCC1)N1C[C@@H]2CC[C@H](C1)N(C(=O)c1ccc[nH]c1=O)C2. The summed E-state index contributed by atoms with van der Waals surface area (Å²) in [5.74, 6) is 0.581. The number of hydrogen-bond acceptors (Lipinski definition) is 3. The lowest BCUT2D eigenvalue weighted by Crippen LogP contribution is -2.49. The summed E-state index contributed by atoms with van der Waals surface area (Å²) in [6.07, 6.45) is 6.66. The van der Waals surface area contributed by atoms with Gasteiger partial charge in [-0.2, -0.15) is 0 Å². The topological polar surface area (TPSA) is 73.5 Å². The normalized spacial score (nSPS) is 26.8. The summed E-state index contributed by atoms with van der Waals surface area (Å²) in [7, 11) is 0. The second kappa shape index (κ2) is 6.07. The lowest BCUT2D eigenvalue weighted by Gasteiger charge is -2.36. The number of carbonyl (C=O) groups excluding carboxylic acids is 2. The molecule has 0 spiro atoms. The van der Waals surface area contributed by atoms with E-state index >= 15 is 0 Å². The third-order valence-electron chi connectivity index (χ3n) is 5.79. The van der Waals surface area contributed by atoms with Crippen molar-refractivity contribution < 1.29 is 9.59 Å². The van der Waals surface area contributed by atoms with Crippen molar-refractivity contribution in [2.75, 3.05) is 19.6 Å². The molecule has 1 aromatic heterocycles. The van der Waals surface area contributed by atoms with Crippen LogP contribution in [0.5, 0.6) is 0 Å². The Bertz CT molecular complexity index is 709. The van der Waals surface area contributed by atoms with Gasteiger partial charge in [-0.15, -0.1) is 0 Å². The highest BCUT2D eigenvalue weighted by molar-refractivity contribution is 5.94. The number of H-pyrrole nitrogens is 1. The van der Waals surface area contributed by atoms with Crippen molar-refractivity contribution in [3.63, 3.8) is 0 Å². The van der Waals surface area contributed by atoms with Crippen LogP contribution in [0.15, 0.2) is 23.1 Å². The summed E-state index contributed by atoms with van der Waals surface area (Å²) >= 11 is 0. The molecule has 1 N–H and O–H groups in total. The van der Waals surface area contributed by atoms with E-state index in [1.807, 2.05) is 9.80 Å². The number of carbonyl (C=O) groups is 2. The van der Waals surface area contributed by atoms with Crippen molar-refractivity contribution in [1.82, 2.24) is 14.8 Å². The fraction of sp³-hybridized carbons (Fsp3) is 0.611. The van der Waals surface area contributed by atoms with Crippen LogP contribution < -0.4 is 5.56 Å². The first-order valence-electron chi connectivity index (χ1n) is 8.91. The molecule has 2 atom stereocenters. The van der Waals surface area contributed by atoms with Crippen LogP contribution in [0.3, 0.4) is 0 Å². The Kier molecular flexibility index (Phi) is 3.90. The molecule has 4 fully saturated rings. The van der Waals surface area contributed by atoms with Crippen LogP contribution in [0.1, 0.15) is 42.5 Å². The molecule has 6 heteroatoms. The number of rotatable bonds is 2. The molecule has 5 rings (SSSR count). The molecular weight excluding hydrogens is 306 g/mol. The minimum Gasteiger partial charge on any atom is -0.340 e. The number of aromatic nitrogens is 1. The first kappa shape index (κ1) is 15.4. The van der Waals surface area contributed by atoms with E-state index in [2.05, 4.69) is 4.98 Å². The number of nitrogens with one attached hydrogen (secondary N) is 1. The van der Waals surface area contributed by atoms with Crippen LogP contribution in [0.25, 0.3) is 0 Å². The number of nitrogens with zero attached hydrogens (tertiary/aromatic N) is 2. The molecule has 1 aliphatic carbocycles. The first-order valence-corrected chi connectivity index (χ1v) is 8.91. The smallest absolute Gasteiger partial charge is 0.260 e. The van der Waals surface area contributed by atoms with Gasteiger partial charge in [0.1, 0.15) is 5.56 Å². The maximum Gasteiger partial charge on any atom is 0.260 e. The average molecular weight is 329 g/mol. The second-order valence-corrected chi connectivity index (χ2v) is 7.34. The molecule has 24 heavy (non-hydrogen) atoms. The Morgan fingerprint density at radius 2 is 1.92 bits per heavy atom. The van der Waals surface area contributed by atoms with Gasteiger partial charge in [0.05, 0.1) is 0 Å². The van der Waals surface area contributed by atoms with Crippen LogP contribution in [-0.4, -0.2) is 52.3 Å². The Labute approximate surface area is 140 Å². The van der Waals surface area contributed by atoms with Gasteiger partial charge in [0.15, 0.2) is 0 Å². The zero-order valence-corrected chi connectivity index (χ0v) is 13.7. The largest absolute Gasteiger partial charge is 0.340 e. The lowest BCUT2D eigenvalue weighted by atomic mass is 9.84. The van der Waals surface area contributed by atoms with E-state index in [4.69, 9.17) is 0 Å². The van der Waals surface area contributed by atoms with E-state index in [1.165, 1.54) is 6.20 Å². The number of piperidine rings is 1. The van der Waals surface area contributed by atoms with Crippen LogP contribution >= 0.6 is 0 Å². The zero-order chi connectivity index (χ0) is 16.7. The molecule has 3 aliphatic heterocycles. The molecule has 6 nitrogen and oxygen atoms in total. The fourth-order valence-electron chi connectivity index (χ4n) is 4.17. The van der Waals surface area contributed by atoms with Crippen molar-refractivity contribution in [1.29, 1.82) is 0 Å². The van der Waals surface area contributed by atoms with Crippen molar-refractivity contribution in [3.05, 3.63) is 34.2 Å². The van der Waals surface area contributed by atoms with Gasteiger partial charge in [0, 0.05) is 37.8 Å². The second-order valence-electron chi connectivity index (χ2n) is 7.34. The number of amides is 2. The number of pyridine rings is 1. The molecule has 4 aliphatic rings. The molecule has 0 aromatic carbocycles. The van der Waals surface area contributed by atoms with E-state index in [-0.39, 0.29) is 34.9 Å². The lowest BCUT2D eigenvalue weighted by molar-refractivity contribution is -0.138. The van der Waals surface area contributed by atoms with E-state index < -0.39 is 0 Å². The molecule has 0 radical (unpaired) electrons. The van der Waals surface area contributed by atoms with Crippen molar-refractivity contribution in [2.45, 2.75) is 38.1 Å². The van der Waals surface area contributed by atoms with Gasteiger partial charge in [-0.05, 0) is 43.7 Å². The third-order valence-corrected chi connectivity index (χ3v) is 5.79. The monoisotopic (exact) mass is 329 g/mol. The highest BCUT2D eigenvalue weighted by atomic mass is 16.2. The first-order chi connectivity index (χ1) is 11.6. The number of fused-ring (bicyclic) bond motifs is 4. The van der Waals surface area contributed by atoms with Gasteiger partial charge in [0.2, 0.25) is 5.91 Å².